The number of rotatable bonds is 4. The fraction of sp³-hybridized carbons (Fsp3) is 0.263. The monoisotopic (exact) mass is 434 g/mol. The van der Waals surface area contributed by atoms with Crippen LogP contribution in [0.2, 0.25) is 10.0 Å². The molecule has 0 unspecified atom stereocenters. The van der Waals surface area contributed by atoms with Crippen LogP contribution in [0.4, 0.5) is 0 Å². The molecule has 0 radical (unpaired) electrons. The van der Waals surface area contributed by atoms with Gasteiger partial charge < -0.3 is 9.52 Å². The summed E-state index contributed by atoms with van der Waals surface area (Å²) in [5.41, 5.74) is 0.916. The zero-order chi connectivity index (χ0) is 19.3. The highest BCUT2D eigenvalue weighted by Gasteiger charge is 2.32. The van der Waals surface area contributed by atoms with Gasteiger partial charge in [0.25, 0.3) is 0 Å². The van der Waals surface area contributed by atoms with Crippen molar-refractivity contribution >= 4 is 39.5 Å². The van der Waals surface area contributed by atoms with Crippen molar-refractivity contribution in [2.24, 2.45) is 0 Å². The Kier molecular flexibility index (Phi) is 4.55. The van der Waals surface area contributed by atoms with E-state index in [1.807, 2.05) is 12.1 Å². The molecule has 1 aliphatic heterocycles. The van der Waals surface area contributed by atoms with E-state index < -0.39 is 0 Å². The Bertz CT molecular complexity index is 1130. The molecule has 1 atom stereocenters. The maximum atomic E-state index is 11.0. The van der Waals surface area contributed by atoms with Gasteiger partial charge in [-0.25, -0.2) is 0 Å². The van der Waals surface area contributed by atoms with E-state index in [0.717, 1.165) is 36.4 Å². The zero-order valence-corrected chi connectivity index (χ0v) is 17.0. The lowest BCUT2D eigenvalue weighted by atomic mass is 10.0. The van der Waals surface area contributed by atoms with Crippen molar-refractivity contribution in [3.05, 3.63) is 57.1 Å². The van der Waals surface area contributed by atoms with Crippen LogP contribution in [0.15, 0.2) is 41.0 Å². The zero-order valence-electron chi connectivity index (χ0n) is 14.7. The summed E-state index contributed by atoms with van der Waals surface area (Å²) < 4.78 is 6.82. The van der Waals surface area contributed by atoms with E-state index in [4.69, 9.17) is 27.6 Å². The molecule has 1 saturated heterocycles. The molecular formula is C19H16Cl2N4O2S. The molecule has 0 bridgehead atoms. The molecule has 1 aromatic carbocycles. The van der Waals surface area contributed by atoms with Crippen molar-refractivity contribution in [1.82, 2.24) is 19.5 Å². The number of thiazole rings is 1. The minimum atomic E-state index is -0.173. The van der Waals surface area contributed by atoms with Gasteiger partial charge in [0.15, 0.2) is 5.76 Å². The van der Waals surface area contributed by atoms with Crippen LogP contribution in [0.25, 0.3) is 16.5 Å². The summed E-state index contributed by atoms with van der Waals surface area (Å²) in [5.74, 6) is 1.09. The molecule has 6 nitrogen and oxygen atoms in total. The van der Waals surface area contributed by atoms with Crippen LogP contribution >= 0.6 is 34.5 Å². The summed E-state index contributed by atoms with van der Waals surface area (Å²) in [4.78, 5) is 8.22. The van der Waals surface area contributed by atoms with Crippen LogP contribution < -0.4 is 0 Å². The highest BCUT2D eigenvalue weighted by molar-refractivity contribution is 7.17. The first-order valence-electron chi connectivity index (χ1n) is 8.93. The maximum Gasteiger partial charge on any atom is 0.230 e. The number of nitrogens with zero attached hydrogens (tertiary/aromatic N) is 4. The molecule has 0 amide bonds. The van der Waals surface area contributed by atoms with Crippen molar-refractivity contribution in [2.45, 2.75) is 18.9 Å². The van der Waals surface area contributed by atoms with Gasteiger partial charge in [0.05, 0.1) is 17.2 Å². The first kappa shape index (κ1) is 18.0. The standard InChI is InChI=1S/C19H16Cl2N4O2S/c20-11-5-6-12(13(21)10-11)15(24-7-1-2-8-24)16-18(26)25-19(28-16)22-17(23-25)14-4-3-9-27-14/h3-6,9-10,15,26H,1-2,7-8H2/t15-/m0/s1. The number of halogens is 2. The number of furan rings is 1. The lowest BCUT2D eigenvalue weighted by Crippen LogP contribution is -2.26. The van der Waals surface area contributed by atoms with Crippen LogP contribution in [0.1, 0.15) is 29.3 Å². The molecule has 5 rings (SSSR count). The lowest BCUT2D eigenvalue weighted by molar-refractivity contribution is 0.277. The van der Waals surface area contributed by atoms with E-state index >= 15 is 0 Å². The Labute approximate surface area is 174 Å². The molecule has 4 heterocycles. The predicted octanol–water partition coefficient (Wildman–Crippen LogP) is 5.25. The van der Waals surface area contributed by atoms with E-state index in [2.05, 4.69) is 15.0 Å². The summed E-state index contributed by atoms with van der Waals surface area (Å²) in [7, 11) is 0. The molecule has 3 aromatic heterocycles. The largest absolute Gasteiger partial charge is 0.492 e. The van der Waals surface area contributed by atoms with Gasteiger partial charge in [0.2, 0.25) is 16.7 Å². The number of hydrogen-bond donors (Lipinski definition) is 1. The molecular weight excluding hydrogens is 419 g/mol. The first-order chi connectivity index (χ1) is 13.6. The SMILES string of the molecule is Oc1c([C@H](c2ccc(Cl)cc2Cl)N2CCCC2)sc2nc(-c3ccco3)nn12. The molecule has 1 N–H and O–H groups in total. The molecule has 4 aromatic rings. The van der Waals surface area contributed by atoms with Gasteiger partial charge >= 0.3 is 0 Å². The topological polar surface area (TPSA) is 66.8 Å². The van der Waals surface area contributed by atoms with Gasteiger partial charge in [-0.1, -0.05) is 40.6 Å². The first-order valence-corrected chi connectivity index (χ1v) is 10.5. The van der Waals surface area contributed by atoms with Crippen LogP contribution in [0.5, 0.6) is 5.88 Å². The van der Waals surface area contributed by atoms with Crippen LogP contribution in [0.3, 0.4) is 0 Å². The lowest BCUT2D eigenvalue weighted by Gasteiger charge is -2.27. The average Bonchev–Trinajstić information content (AvgIpc) is 3.44. The van der Waals surface area contributed by atoms with E-state index in [1.165, 1.54) is 15.9 Å². The van der Waals surface area contributed by atoms with E-state index in [0.29, 0.717) is 26.6 Å². The molecule has 1 aliphatic rings. The van der Waals surface area contributed by atoms with Gasteiger partial charge in [-0.05, 0) is 55.8 Å². The summed E-state index contributed by atoms with van der Waals surface area (Å²) in [6.45, 7) is 1.88. The number of hydrogen-bond acceptors (Lipinski definition) is 6. The highest BCUT2D eigenvalue weighted by Crippen LogP contribution is 2.43. The van der Waals surface area contributed by atoms with Crippen LogP contribution in [-0.2, 0) is 0 Å². The van der Waals surface area contributed by atoms with E-state index in [9.17, 15) is 5.11 Å². The fourth-order valence-corrected chi connectivity index (χ4v) is 5.29. The quantitative estimate of drug-likeness (QED) is 0.475. The third-order valence-electron chi connectivity index (χ3n) is 4.95. The summed E-state index contributed by atoms with van der Waals surface area (Å²) in [6, 6.07) is 8.89. The summed E-state index contributed by atoms with van der Waals surface area (Å²) in [5, 5.41) is 16.6. The number of aromatic hydroxyl groups is 1. The number of fused-ring (bicyclic) bond motifs is 1. The van der Waals surface area contributed by atoms with Gasteiger partial charge in [0.1, 0.15) is 0 Å². The van der Waals surface area contributed by atoms with Crippen molar-refractivity contribution in [1.29, 1.82) is 0 Å². The third-order valence-corrected chi connectivity index (χ3v) is 6.59. The van der Waals surface area contributed by atoms with Crippen molar-refractivity contribution in [2.75, 3.05) is 13.1 Å². The second-order valence-corrected chi connectivity index (χ2v) is 8.56. The fourth-order valence-electron chi connectivity index (χ4n) is 3.67. The summed E-state index contributed by atoms with van der Waals surface area (Å²) >= 11 is 14.0. The van der Waals surface area contributed by atoms with Gasteiger partial charge in [-0.15, -0.1) is 5.10 Å². The molecule has 9 heteroatoms. The van der Waals surface area contributed by atoms with Crippen molar-refractivity contribution < 1.29 is 9.52 Å². The minimum Gasteiger partial charge on any atom is -0.492 e. The molecule has 0 aliphatic carbocycles. The Morgan fingerprint density at radius 3 is 2.68 bits per heavy atom. The Morgan fingerprint density at radius 1 is 1.18 bits per heavy atom. The normalized spacial score (nSPS) is 16.2. The van der Waals surface area contributed by atoms with E-state index in [-0.39, 0.29) is 11.9 Å². The second kappa shape index (κ2) is 7.08. The highest BCUT2D eigenvalue weighted by atomic mass is 35.5. The van der Waals surface area contributed by atoms with Gasteiger partial charge in [-0.2, -0.15) is 9.50 Å². The number of likely N-dealkylation sites (tertiary alicyclic amines) is 1. The second-order valence-electron chi connectivity index (χ2n) is 6.71. The Balaban J connectivity index is 1.63. The number of aromatic nitrogens is 3. The molecule has 1 fully saturated rings. The molecule has 0 saturated carbocycles. The van der Waals surface area contributed by atoms with E-state index in [1.54, 1.807) is 24.5 Å². The Hall–Kier alpha value is -2.06. The van der Waals surface area contributed by atoms with Crippen molar-refractivity contribution in [3.8, 4) is 17.5 Å². The summed E-state index contributed by atoms with van der Waals surface area (Å²) in [6.07, 6.45) is 3.80. The van der Waals surface area contributed by atoms with Gasteiger partial charge in [0, 0.05) is 10.0 Å². The smallest absolute Gasteiger partial charge is 0.230 e. The maximum absolute atomic E-state index is 11.0. The minimum absolute atomic E-state index is 0.0771. The number of benzene rings is 1. The molecule has 144 valence electrons. The third kappa shape index (κ3) is 2.99. The predicted molar refractivity (Wildman–Crippen MR) is 109 cm³/mol. The van der Waals surface area contributed by atoms with Crippen LogP contribution in [-0.4, -0.2) is 37.7 Å². The molecule has 0 spiro atoms. The molecule has 28 heavy (non-hydrogen) atoms. The van der Waals surface area contributed by atoms with Crippen LogP contribution in [0, 0.1) is 0 Å². The van der Waals surface area contributed by atoms with Gasteiger partial charge in [-0.3, -0.25) is 4.90 Å². The van der Waals surface area contributed by atoms with Crippen molar-refractivity contribution in [3.63, 3.8) is 0 Å². The Morgan fingerprint density at radius 2 is 2.00 bits per heavy atom. The average molecular weight is 435 g/mol.